The third kappa shape index (κ3) is 8.06. The second-order valence-electron chi connectivity index (χ2n) is 24.7. The molecule has 2 bridgehead atoms. The van der Waals surface area contributed by atoms with Gasteiger partial charge < -0.3 is 57.1 Å². The summed E-state index contributed by atoms with van der Waals surface area (Å²) in [6.45, 7) is 7.35. The third-order valence-electron chi connectivity index (χ3n) is 20.9. The predicted molar refractivity (Wildman–Crippen MR) is 264 cm³/mol. The normalized spacial score (nSPS) is 47.1. The molecule has 21 unspecified atom stereocenters. The third-order valence-corrected chi connectivity index (χ3v) is 20.9. The molecule has 15 nitrogen and oxygen atoms in total. The summed E-state index contributed by atoms with van der Waals surface area (Å²) in [6.07, 6.45) is 9.06. The van der Waals surface area contributed by atoms with Crippen molar-refractivity contribution in [2.24, 2.45) is 104 Å². The fraction of sp³-hybridized carbons (Fsp3) is 0.750. The number of Topliss-reactive ketones (excluding diaryl/α,β-unsaturated/α-hetero) is 2. The number of aliphatic hydroxyl groups is 6. The van der Waals surface area contributed by atoms with Gasteiger partial charge in [0, 0.05) is 61.1 Å². The number of ether oxygens (including phenoxy) is 1. The number of aromatic amines is 1. The van der Waals surface area contributed by atoms with E-state index in [1.54, 1.807) is 6.92 Å². The molecule has 5 saturated carbocycles. The largest absolute Gasteiger partial charge is 0.465 e. The molecule has 1 saturated heterocycles. The fourth-order valence-corrected chi connectivity index (χ4v) is 18.0. The monoisotopic (exact) mass is 982 g/mol. The Morgan fingerprint density at radius 1 is 0.986 bits per heavy atom. The molecule has 2 heterocycles. The molecule has 0 radical (unpaired) electrons. The Labute approximate surface area is 418 Å². The summed E-state index contributed by atoms with van der Waals surface area (Å²) < 4.78 is 5.91. The van der Waals surface area contributed by atoms with Crippen LogP contribution in [0.15, 0.2) is 46.4 Å². The summed E-state index contributed by atoms with van der Waals surface area (Å²) in [5.74, 6) is 2.52. The number of ketones is 2. The van der Waals surface area contributed by atoms with Gasteiger partial charge in [0.25, 0.3) is 0 Å². The summed E-state index contributed by atoms with van der Waals surface area (Å²) in [7, 11) is 0. The van der Waals surface area contributed by atoms with Gasteiger partial charge in [0.2, 0.25) is 0 Å². The highest BCUT2D eigenvalue weighted by molar-refractivity contribution is 6.00. The van der Waals surface area contributed by atoms with Crippen LogP contribution in [0, 0.1) is 99.6 Å². The molecule has 10 rings (SSSR count). The van der Waals surface area contributed by atoms with Crippen molar-refractivity contribution >= 4 is 23.5 Å². The number of nitrogens with one attached hydrogen (secondary N) is 2. The minimum atomic E-state index is -1.89. The quantitative estimate of drug-likeness (QED) is 0.0587. The number of nitrogens with zero attached hydrogens (tertiary/aromatic N) is 1. The lowest BCUT2D eigenvalue weighted by molar-refractivity contribution is -0.227. The molecule has 1 aliphatic heterocycles. The lowest BCUT2D eigenvalue weighted by atomic mass is 9.37. The van der Waals surface area contributed by atoms with E-state index in [0.29, 0.717) is 43.6 Å². The molecule has 1 aromatic rings. The standard InChI is InChI=1S/C56H79N5O10/c1-28-8-9-30-11-13-37-35(26-62)18-44(66)54(4,69)50-33(7-5-6-31(17-39(37)38(30)16-28)40-27-71-51(68)45(40)34-14-15-59-24-34)21-56(70)47-46(32-10-12-36(25-61-52(57)58)55(50,56)20-32)53(3)22-43(65)42(64)19-41(53)49(67)48(47)60-23-29(2)63/h11,14-15,24,28,31-33,35-46,50,59-60,62,64-66,69-70H,7-10,12-13,16-23,25-27H2,1-4H3,(H4,57,58,61). The van der Waals surface area contributed by atoms with Crippen molar-refractivity contribution in [3.63, 3.8) is 0 Å². The number of hydrogen-bond acceptors (Lipinski definition) is 12. The van der Waals surface area contributed by atoms with E-state index in [-0.39, 0.29) is 123 Å². The summed E-state index contributed by atoms with van der Waals surface area (Å²) >= 11 is 0. The number of carbonyl (C=O) groups excluding carboxylic acids is 3. The first kappa shape index (κ1) is 50.5. The first-order chi connectivity index (χ1) is 33.7. The maximum Gasteiger partial charge on any atom is 0.313 e. The van der Waals surface area contributed by atoms with Gasteiger partial charge in [-0.15, -0.1) is 5.92 Å². The molecule has 0 aromatic carbocycles. The fourth-order valence-electron chi connectivity index (χ4n) is 18.0. The minimum absolute atomic E-state index is 0.0329. The number of allylic oxidation sites excluding steroid dienone is 3. The molecule has 1 aromatic heterocycles. The van der Waals surface area contributed by atoms with E-state index in [2.05, 4.69) is 40.1 Å². The average molecular weight is 982 g/mol. The second kappa shape index (κ2) is 18.7. The number of nitrogens with two attached hydrogens (primary N) is 2. The van der Waals surface area contributed by atoms with Gasteiger partial charge in [0.15, 0.2) is 11.7 Å². The topological polar surface area (TPSA) is 274 Å². The molecule has 8 aliphatic carbocycles. The first-order valence-electron chi connectivity index (χ1n) is 26.9. The number of aliphatic hydroxyl groups excluding tert-OH is 4. The van der Waals surface area contributed by atoms with E-state index < -0.39 is 81.8 Å². The van der Waals surface area contributed by atoms with Crippen molar-refractivity contribution in [2.75, 3.05) is 26.3 Å². The van der Waals surface area contributed by atoms with Crippen molar-refractivity contribution in [2.45, 2.75) is 147 Å². The van der Waals surface area contributed by atoms with E-state index >= 15 is 4.79 Å². The van der Waals surface area contributed by atoms with Gasteiger partial charge in [-0.25, -0.2) is 0 Å². The Balaban J connectivity index is 1.17. The highest BCUT2D eigenvalue weighted by atomic mass is 16.5. The highest BCUT2D eigenvalue weighted by Gasteiger charge is 2.78. The molecule has 388 valence electrons. The molecule has 0 amide bonds. The molecule has 21 atom stereocenters. The van der Waals surface area contributed by atoms with Crippen LogP contribution < -0.4 is 16.8 Å². The smallest absolute Gasteiger partial charge is 0.313 e. The van der Waals surface area contributed by atoms with Crippen LogP contribution in [0.2, 0.25) is 0 Å². The molecule has 6 fully saturated rings. The van der Waals surface area contributed by atoms with Crippen molar-refractivity contribution < 1.29 is 49.8 Å². The van der Waals surface area contributed by atoms with Crippen molar-refractivity contribution in [3.05, 3.63) is 46.9 Å². The molecular weight excluding hydrogens is 903 g/mol. The number of rotatable bonds is 8. The van der Waals surface area contributed by atoms with E-state index in [1.807, 2.05) is 25.4 Å². The summed E-state index contributed by atoms with van der Waals surface area (Å²) in [4.78, 5) is 49.5. The number of cyclic esters (lactones) is 1. The van der Waals surface area contributed by atoms with Crippen LogP contribution in [0.1, 0.15) is 123 Å². The molecule has 1 spiro atoms. The lowest BCUT2D eigenvalue weighted by Gasteiger charge is -2.68. The zero-order valence-corrected chi connectivity index (χ0v) is 42.1. The van der Waals surface area contributed by atoms with Gasteiger partial charge in [-0.3, -0.25) is 19.4 Å². The number of aliphatic imine (C=N–C) groups is 1. The predicted octanol–water partition coefficient (Wildman–Crippen LogP) is 3.62. The highest BCUT2D eigenvalue weighted by Crippen LogP contribution is 2.77. The van der Waals surface area contributed by atoms with Gasteiger partial charge in [-0.1, -0.05) is 31.4 Å². The molecule has 15 heteroatoms. The van der Waals surface area contributed by atoms with Crippen LogP contribution in [0.3, 0.4) is 0 Å². The van der Waals surface area contributed by atoms with Crippen LogP contribution in [0.4, 0.5) is 0 Å². The molecule has 9 aliphatic rings. The molecule has 71 heavy (non-hydrogen) atoms. The number of fused-ring (bicyclic) bond motifs is 10. The SMILES string of the molecule is CC(=O)CNC1=C2C(C3CCC(CN=C(N)N)C4(C3)C3C(CC#CC(C5COC(=O)C5c5cc[nH]c5)CC5C6CC(C)CCC6=CCC5C(CO)CC(O)C3(C)O)CC24O)C2(C)CC(O)C(O)CC2C1=O. The van der Waals surface area contributed by atoms with Crippen molar-refractivity contribution in [1.82, 2.24) is 10.3 Å². The van der Waals surface area contributed by atoms with Crippen LogP contribution in [-0.2, 0) is 19.1 Å². The van der Waals surface area contributed by atoms with Gasteiger partial charge in [-0.2, -0.15) is 0 Å². The summed E-state index contributed by atoms with van der Waals surface area (Å²) in [6, 6.07) is 1.92. The van der Waals surface area contributed by atoms with Gasteiger partial charge in [0.05, 0.1) is 54.3 Å². The Bertz CT molecular complexity index is 2400. The lowest BCUT2D eigenvalue weighted by Crippen LogP contribution is -2.70. The first-order valence-corrected chi connectivity index (χ1v) is 26.9. The Morgan fingerprint density at radius 2 is 1.77 bits per heavy atom. The number of guanidine groups is 1. The summed E-state index contributed by atoms with van der Waals surface area (Å²) in [5, 5.41) is 78.5. The van der Waals surface area contributed by atoms with Gasteiger partial charge >= 0.3 is 5.97 Å². The Morgan fingerprint density at radius 3 is 2.49 bits per heavy atom. The van der Waals surface area contributed by atoms with E-state index in [0.717, 1.165) is 24.8 Å². The van der Waals surface area contributed by atoms with E-state index in [1.165, 1.54) is 12.5 Å². The van der Waals surface area contributed by atoms with Gasteiger partial charge in [-0.05, 0) is 167 Å². The second-order valence-corrected chi connectivity index (χ2v) is 24.7. The Hall–Kier alpha value is -4.04. The maximum atomic E-state index is 15.3. The number of H-pyrrole nitrogens is 1. The van der Waals surface area contributed by atoms with E-state index in [9.17, 15) is 40.2 Å². The van der Waals surface area contributed by atoms with Crippen LogP contribution in [0.25, 0.3) is 0 Å². The summed E-state index contributed by atoms with van der Waals surface area (Å²) in [5.41, 5.74) is 9.22. The zero-order chi connectivity index (χ0) is 50.5. The minimum Gasteiger partial charge on any atom is -0.465 e. The number of esters is 1. The van der Waals surface area contributed by atoms with Crippen LogP contribution >= 0.6 is 0 Å². The molecule has 12 N–H and O–H groups in total. The van der Waals surface area contributed by atoms with Crippen LogP contribution in [0.5, 0.6) is 0 Å². The van der Waals surface area contributed by atoms with Gasteiger partial charge in [0.1, 0.15) is 5.78 Å². The molecular formula is C56H79N5O10. The number of aromatic nitrogens is 1. The van der Waals surface area contributed by atoms with Crippen molar-refractivity contribution in [3.8, 4) is 11.8 Å². The Kier molecular flexibility index (Phi) is 13.3. The van der Waals surface area contributed by atoms with Crippen LogP contribution in [-0.4, -0.2) is 115 Å². The van der Waals surface area contributed by atoms with E-state index in [4.69, 9.17) is 16.2 Å². The number of hydrogen-bond donors (Lipinski definition) is 10. The zero-order valence-electron chi connectivity index (χ0n) is 42.1. The average Bonchev–Trinajstić information content (AvgIpc) is 4.05. The number of carbonyl (C=O) groups is 3. The van der Waals surface area contributed by atoms with Crippen molar-refractivity contribution in [1.29, 1.82) is 0 Å². The maximum absolute atomic E-state index is 15.3.